The van der Waals surface area contributed by atoms with Gasteiger partial charge in [-0.2, -0.15) is 0 Å². The Morgan fingerprint density at radius 2 is 1.93 bits per heavy atom. The molecule has 0 unspecified atom stereocenters. The largest absolute Gasteiger partial charge is 0.444 e. The number of carbonyl (C=O) groups excluding carboxylic acids is 3. The summed E-state index contributed by atoms with van der Waals surface area (Å²) in [4.78, 5) is 48.4. The number of carbonyl (C=O) groups is 3. The van der Waals surface area contributed by atoms with Crippen LogP contribution in [0.25, 0.3) is 0 Å². The number of urea groups is 1. The lowest BCUT2D eigenvalue weighted by Gasteiger charge is -2.39. The molecule has 1 rings (SSSR count). The number of unbranched alkanes of at least 4 members (excludes halogenated alkanes) is 1. The highest BCUT2D eigenvalue weighted by atomic mass is 16.7. The van der Waals surface area contributed by atoms with Gasteiger partial charge in [0.25, 0.3) is 5.91 Å². The van der Waals surface area contributed by atoms with E-state index in [0.717, 1.165) is 12.8 Å². The minimum Gasteiger partial charge on any atom is -0.444 e. The smallest absolute Gasteiger partial charge is 0.407 e. The van der Waals surface area contributed by atoms with Gasteiger partial charge in [0.05, 0.1) is 19.8 Å². The number of hydrogen-bond donors (Lipinski definition) is 2. The van der Waals surface area contributed by atoms with Crippen LogP contribution in [-0.2, 0) is 19.2 Å². The fraction of sp³-hybridized carbons (Fsp3) is 0.833. The lowest BCUT2D eigenvalue weighted by molar-refractivity contribution is -0.156. The van der Waals surface area contributed by atoms with Crippen molar-refractivity contribution >= 4 is 18.0 Å². The van der Waals surface area contributed by atoms with E-state index in [9.17, 15) is 14.4 Å². The second kappa shape index (κ2) is 11.7. The van der Waals surface area contributed by atoms with Gasteiger partial charge in [-0.3, -0.25) is 14.5 Å². The third-order valence-corrected chi connectivity index (χ3v) is 3.87. The Balaban J connectivity index is 2.35. The molecular weight excluding hydrogens is 368 g/mol. The highest BCUT2D eigenvalue weighted by Gasteiger charge is 2.37. The highest BCUT2D eigenvalue weighted by molar-refractivity contribution is 5.87. The molecule has 0 aromatic carbocycles. The number of hydroxylamine groups is 3. The second-order valence-corrected chi connectivity index (χ2v) is 7.41. The van der Waals surface area contributed by atoms with Crippen LogP contribution in [0.5, 0.6) is 0 Å². The zero-order valence-electron chi connectivity index (χ0n) is 17.6. The minimum absolute atomic E-state index is 0.0734. The van der Waals surface area contributed by atoms with Crippen molar-refractivity contribution in [1.29, 1.82) is 0 Å². The molecule has 10 nitrogen and oxygen atoms in total. The van der Waals surface area contributed by atoms with Gasteiger partial charge in [-0.15, -0.1) is 0 Å². The molecule has 2 N–H and O–H groups in total. The van der Waals surface area contributed by atoms with E-state index < -0.39 is 23.6 Å². The number of nitrogens with one attached hydrogen (secondary N) is 2. The van der Waals surface area contributed by atoms with Crippen LogP contribution < -0.4 is 10.8 Å². The van der Waals surface area contributed by atoms with Gasteiger partial charge < -0.3 is 15.0 Å². The van der Waals surface area contributed by atoms with Crippen molar-refractivity contribution in [2.45, 2.75) is 65.5 Å². The van der Waals surface area contributed by atoms with Crippen LogP contribution >= 0.6 is 0 Å². The molecule has 1 aliphatic rings. The lowest BCUT2D eigenvalue weighted by atomic mass is 10.1. The Morgan fingerprint density at radius 3 is 2.54 bits per heavy atom. The van der Waals surface area contributed by atoms with E-state index in [1.165, 1.54) is 9.96 Å². The summed E-state index contributed by atoms with van der Waals surface area (Å²) in [5.41, 5.74) is 1.76. The van der Waals surface area contributed by atoms with Crippen molar-refractivity contribution in [3.8, 4) is 0 Å². The van der Waals surface area contributed by atoms with Gasteiger partial charge in [0, 0.05) is 13.1 Å². The number of likely N-dealkylation sites (N-methyl/N-ethyl adjacent to an activating group) is 1. The number of alkyl carbamates (subject to hydrolysis) is 1. The van der Waals surface area contributed by atoms with Crippen LogP contribution in [0, 0.1) is 0 Å². The Labute approximate surface area is 166 Å². The van der Waals surface area contributed by atoms with Crippen LogP contribution in [0.2, 0.25) is 0 Å². The lowest BCUT2D eigenvalue weighted by Crippen LogP contribution is -2.59. The molecule has 0 radical (unpaired) electrons. The summed E-state index contributed by atoms with van der Waals surface area (Å²) >= 11 is 0. The topological polar surface area (TPSA) is 109 Å². The Morgan fingerprint density at radius 1 is 1.21 bits per heavy atom. The maximum absolute atomic E-state index is 12.5. The highest BCUT2D eigenvalue weighted by Crippen LogP contribution is 2.17. The molecule has 0 saturated carbocycles. The second-order valence-electron chi connectivity index (χ2n) is 7.41. The monoisotopic (exact) mass is 402 g/mol. The Hall–Kier alpha value is -2.07. The third-order valence-electron chi connectivity index (χ3n) is 3.87. The summed E-state index contributed by atoms with van der Waals surface area (Å²) in [5, 5.41) is 3.84. The summed E-state index contributed by atoms with van der Waals surface area (Å²) in [6.07, 6.45) is 1.73. The Kier molecular flexibility index (Phi) is 10.0. The molecule has 10 heteroatoms. The van der Waals surface area contributed by atoms with Crippen molar-refractivity contribution < 1.29 is 28.8 Å². The predicted molar refractivity (Wildman–Crippen MR) is 102 cm³/mol. The maximum atomic E-state index is 12.5. The van der Waals surface area contributed by atoms with Crippen molar-refractivity contribution in [2.24, 2.45) is 0 Å². The molecule has 1 fully saturated rings. The third kappa shape index (κ3) is 8.30. The van der Waals surface area contributed by atoms with E-state index in [4.69, 9.17) is 14.4 Å². The van der Waals surface area contributed by atoms with E-state index >= 15 is 0 Å². The van der Waals surface area contributed by atoms with Crippen LogP contribution in [0.1, 0.15) is 53.9 Å². The van der Waals surface area contributed by atoms with Crippen LogP contribution in [-0.4, -0.2) is 72.5 Å². The van der Waals surface area contributed by atoms with E-state index in [1.54, 1.807) is 27.7 Å². The summed E-state index contributed by atoms with van der Waals surface area (Å²) in [7, 11) is 0. The standard InChI is InChI=1S/C18H34N4O6/c1-6-8-12-27-22-11-9-14(21(7-2)17(22)25)15(23)20-26-13-10-19-16(24)28-18(3,4)5/h14H,6-13H2,1-5H3,(H,19,24)(H,20,23)/t14-/m0/s1. The fourth-order valence-corrected chi connectivity index (χ4v) is 2.54. The number of hydrogen-bond acceptors (Lipinski definition) is 6. The molecule has 0 spiro atoms. The molecule has 1 atom stereocenters. The average molecular weight is 402 g/mol. The van der Waals surface area contributed by atoms with Crippen molar-refractivity contribution in [2.75, 3.05) is 32.8 Å². The Bertz CT molecular complexity index is 523. The minimum atomic E-state index is -0.623. The quantitative estimate of drug-likeness (QED) is 0.426. The van der Waals surface area contributed by atoms with Crippen LogP contribution in [0.15, 0.2) is 0 Å². The zero-order chi connectivity index (χ0) is 21.2. The van der Waals surface area contributed by atoms with Crippen LogP contribution in [0.3, 0.4) is 0 Å². The van der Waals surface area contributed by atoms with Gasteiger partial charge >= 0.3 is 12.1 Å². The molecule has 0 aliphatic carbocycles. The van der Waals surface area contributed by atoms with E-state index in [1.807, 2.05) is 6.92 Å². The SMILES string of the molecule is CCCCON1CC[C@@H](C(=O)NOCCNC(=O)OC(C)(C)C)N(CC)C1=O. The van der Waals surface area contributed by atoms with Gasteiger partial charge in [-0.1, -0.05) is 13.3 Å². The zero-order valence-corrected chi connectivity index (χ0v) is 17.6. The first-order valence-corrected chi connectivity index (χ1v) is 9.79. The van der Waals surface area contributed by atoms with E-state index in [0.29, 0.717) is 26.1 Å². The number of amides is 4. The maximum Gasteiger partial charge on any atom is 0.407 e. The first-order chi connectivity index (χ1) is 13.2. The molecule has 0 aromatic heterocycles. The molecule has 1 aliphatic heterocycles. The number of ether oxygens (including phenoxy) is 1. The first-order valence-electron chi connectivity index (χ1n) is 9.79. The molecule has 4 amide bonds. The van der Waals surface area contributed by atoms with Gasteiger partial charge in [0.2, 0.25) is 0 Å². The summed E-state index contributed by atoms with van der Waals surface area (Å²) in [6.45, 7) is 10.6. The van der Waals surface area contributed by atoms with Gasteiger partial charge in [-0.05, 0) is 40.5 Å². The number of rotatable bonds is 10. The molecule has 28 heavy (non-hydrogen) atoms. The average Bonchev–Trinajstić information content (AvgIpc) is 2.61. The molecule has 0 bridgehead atoms. The normalized spacial score (nSPS) is 17.5. The van der Waals surface area contributed by atoms with Gasteiger partial charge in [0.1, 0.15) is 11.6 Å². The summed E-state index contributed by atoms with van der Waals surface area (Å²) in [6, 6.07) is -0.945. The predicted octanol–water partition coefficient (Wildman–Crippen LogP) is 1.81. The summed E-state index contributed by atoms with van der Waals surface area (Å²) < 4.78 is 5.09. The first kappa shape index (κ1) is 24.0. The van der Waals surface area contributed by atoms with E-state index in [2.05, 4.69) is 10.8 Å². The molecule has 1 heterocycles. The molecule has 162 valence electrons. The van der Waals surface area contributed by atoms with Crippen molar-refractivity contribution in [3.05, 3.63) is 0 Å². The number of nitrogens with zero attached hydrogens (tertiary/aromatic N) is 2. The fourth-order valence-electron chi connectivity index (χ4n) is 2.54. The van der Waals surface area contributed by atoms with Crippen molar-refractivity contribution in [1.82, 2.24) is 20.8 Å². The molecular formula is C18H34N4O6. The van der Waals surface area contributed by atoms with Crippen LogP contribution in [0.4, 0.5) is 9.59 Å². The van der Waals surface area contributed by atoms with Crippen molar-refractivity contribution in [3.63, 3.8) is 0 Å². The molecule has 1 saturated heterocycles. The molecule has 0 aromatic rings. The van der Waals surface area contributed by atoms with Gasteiger partial charge in [-0.25, -0.2) is 20.1 Å². The van der Waals surface area contributed by atoms with E-state index in [-0.39, 0.29) is 19.2 Å². The summed E-state index contributed by atoms with van der Waals surface area (Å²) in [5.74, 6) is -0.402. The van der Waals surface area contributed by atoms with Gasteiger partial charge in [0.15, 0.2) is 0 Å².